The summed E-state index contributed by atoms with van der Waals surface area (Å²) in [5, 5.41) is 12.8. The summed E-state index contributed by atoms with van der Waals surface area (Å²) in [5.41, 5.74) is -0.292. The van der Waals surface area contributed by atoms with E-state index in [9.17, 15) is 9.50 Å². The molecule has 0 fully saturated rings. The van der Waals surface area contributed by atoms with Crippen LogP contribution in [0.15, 0.2) is 24.3 Å². The van der Waals surface area contributed by atoms with Crippen molar-refractivity contribution in [2.24, 2.45) is 0 Å². The van der Waals surface area contributed by atoms with Crippen molar-refractivity contribution in [1.82, 2.24) is 5.32 Å². The van der Waals surface area contributed by atoms with E-state index in [1.807, 2.05) is 6.92 Å². The summed E-state index contributed by atoms with van der Waals surface area (Å²) in [6.45, 7) is 6.70. The molecule has 1 atom stereocenters. The second-order valence-electron chi connectivity index (χ2n) is 5.43. The maximum Gasteiger partial charge on any atom is 0.126 e. The van der Waals surface area contributed by atoms with Crippen molar-refractivity contribution >= 4 is 0 Å². The fourth-order valence-corrected chi connectivity index (χ4v) is 2.10. The van der Waals surface area contributed by atoms with Gasteiger partial charge in [-0.3, -0.25) is 0 Å². The maximum absolute atomic E-state index is 12.9. The summed E-state index contributed by atoms with van der Waals surface area (Å²) in [6.07, 6.45) is 1.60. The zero-order valence-electron chi connectivity index (χ0n) is 11.9. The predicted octanol–water partition coefficient (Wildman–Crippen LogP) is 2.73. The second-order valence-corrected chi connectivity index (χ2v) is 5.43. The Hall–Kier alpha value is -1.13. The molecule has 0 heterocycles. The van der Waals surface area contributed by atoms with Gasteiger partial charge < -0.3 is 15.2 Å². The van der Waals surface area contributed by atoms with Gasteiger partial charge in [-0.05, 0) is 31.9 Å². The molecule has 2 N–H and O–H groups in total. The van der Waals surface area contributed by atoms with Crippen LogP contribution in [0.25, 0.3) is 0 Å². The Bertz CT molecular complexity index is 384. The van der Waals surface area contributed by atoms with Gasteiger partial charge in [0.05, 0.1) is 13.2 Å². The Labute approximate surface area is 114 Å². The molecule has 0 radical (unpaired) electrons. The minimum absolute atomic E-state index is 0.0884. The Morgan fingerprint density at radius 1 is 1.42 bits per heavy atom. The van der Waals surface area contributed by atoms with E-state index < -0.39 is 0 Å². The minimum Gasteiger partial charge on any atom is -0.493 e. The molecule has 3 nitrogen and oxygen atoms in total. The van der Waals surface area contributed by atoms with Crippen molar-refractivity contribution < 1.29 is 14.2 Å². The molecule has 19 heavy (non-hydrogen) atoms. The van der Waals surface area contributed by atoms with Gasteiger partial charge in [-0.1, -0.05) is 19.9 Å². The maximum atomic E-state index is 12.9. The molecular formula is C15H24FNO2. The van der Waals surface area contributed by atoms with Crippen LogP contribution in [0.2, 0.25) is 0 Å². The van der Waals surface area contributed by atoms with Gasteiger partial charge in [0.15, 0.2) is 0 Å². The lowest BCUT2D eigenvalue weighted by Gasteiger charge is -2.31. The number of rotatable bonds is 8. The van der Waals surface area contributed by atoms with Gasteiger partial charge in [0.1, 0.15) is 11.6 Å². The third kappa shape index (κ3) is 6.03. The normalized spacial score (nSPS) is 14.4. The monoisotopic (exact) mass is 269 g/mol. The highest BCUT2D eigenvalue weighted by Gasteiger charge is 2.23. The van der Waals surface area contributed by atoms with Gasteiger partial charge in [0.2, 0.25) is 0 Å². The summed E-state index contributed by atoms with van der Waals surface area (Å²) in [6, 6.07) is 6.45. The zero-order valence-corrected chi connectivity index (χ0v) is 11.9. The number of hydrogen-bond acceptors (Lipinski definition) is 3. The number of aliphatic hydroxyl groups excluding tert-OH is 1. The number of aliphatic hydroxyl groups is 1. The molecule has 0 saturated carbocycles. The Morgan fingerprint density at radius 3 is 2.74 bits per heavy atom. The lowest BCUT2D eigenvalue weighted by molar-refractivity contribution is 0.147. The average molecular weight is 269 g/mol. The highest BCUT2D eigenvalue weighted by atomic mass is 19.1. The smallest absolute Gasteiger partial charge is 0.126 e. The molecule has 1 unspecified atom stereocenters. The summed E-state index contributed by atoms with van der Waals surface area (Å²) in [5.74, 6) is 0.252. The van der Waals surface area contributed by atoms with Crippen LogP contribution in [0.3, 0.4) is 0 Å². The van der Waals surface area contributed by atoms with Crippen LogP contribution in [-0.4, -0.2) is 29.9 Å². The highest BCUT2D eigenvalue weighted by molar-refractivity contribution is 5.22. The number of ether oxygens (including phenoxy) is 1. The van der Waals surface area contributed by atoms with Crippen LogP contribution in [0.5, 0.6) is 5.75 Å². The van der Waals surface area contributed by atoms with Crippen LogP contribution in [0.1, 0.15) is 33.6 Å². The lowest BCUT2D eigenvalue weighted by atomic mass is 9.96. The van der Waals surface area contributed by atoms with E-state index >= 15 is 0 Å². The first-order chi connectivity index (χ1) is 8.95. The minimum atomic E-state index is -0.292. The fourth-order valence-electron chi connectivity index (χ4n) is 2.10. The first-order valence-electron chi connectivity index (χ1n) is 6.72. The molecule has 0 aliphatic rings. The Kier molecular flexibility index (Phi) is 6.25. The van der Waals surface area contributed by atoms with E-state index in [0.29, 0.717) is 18.4 Å². The summed E-state index contributed by atoms with van der Waals surface area (Å²) >= 11 is 0. The first-order valence-corrected chi connectivity index (χ1v) is 6.72. The van der Waals surface area contributed by atoms with Crippen LogP contribution in [0, 0.1) is 5.82 Å². The molecule has 0 aliphatic carbocycles. The van der Waals surface area contributed by atoms with Gasteiger partial charge in [-0.15, -0.1) is 0 Å². The van der Waals surface area contributed by atoms with E-state index in [2.05, 4.69) is 19.2 Å². The van der Waals surface area contributed by atoms with Crippen LogP contribution in [0.4, 0.5) is 4.39 Å². The van der Waals surface area contributed by atoms with Crippen LogP contribution < -0.4 is 10.1 Å². The third-order valence-electron chi connectivity index (χ3n) is 2.92. The molecule has 4 heteroatoms. The molecule has 0 aliphatic heterocycles. The van der Waals surface area contributed by atoms with Crippen molar-refractivity contribution in [3.63, 3.8) is 0 Å². The molecule has 0 bridgehead atoms. The topological polar surface area (TPSA) is 41.5 Å². The quantitative estimate of drug-likeness (QED) is 0.713. The molecule has 0 aromatic heterocycles. The fraction of sp³-hybridized carbons (Fsp3) is 0.600. The molecule has 1 aromatic carbocycles. The largest absolute Gasteiger partial charge is 0.493 e. The van der Waals surface area contributed by atoms with Crippen molar-refractivity contribution in [3.05, 3.63) is 30.1 Å². The molecule has 1 aromatic rings. The van der Waals surface area contributed by atoms with Crippen molar-refractivity contribution in [3.8, 4) is 5.75 Å². The number of hydrogen-bond donors (Lipinski definition) is 2. The first kappa shape index (κ1) is 15.9. The average Bonchev–Trinajstić information content (AvgIpc) is 2.34. The second kappa shape index (κ2) is 7.46. The van der Waals surface area contributed by atoms with E-state index in [1.54, 1.807) is 12.1 Å². The molecule has 108 valence electrons. The molecule has 0 spiro atoms. The summed E-state index contributed by atoms with van der Waals surface area (Å²) in [4.78, 5) is 0. The Morgan fingerprint density at radius 2 is 2.16 bits per heavy atom. The molecule has 1 rings (SSSR count). The standard InChI is InChI=1S/C15H24FNO2/c1-12(2)17-15(3,11-18)8-5-9-19-14-7-4-6-13(16)10-14/h4,6-7,10,12,17-18H,5,8-9,11H2,1-3H3. The highest BCUT2D eigenvalue weighted by Crippen LogP contribution is 2.15. The van der Waals surface area contributed by atoms with Gasteiger partial charge >= 0.3 is 0 Å². The SMILES string of the molecule is CC(C)NC(C)(CO)CCCOc1cccc(F)c1. The van der Waals surface area contributed by atoms with E-state index in [-0.39, 0.29) is 18.0 Å². The van der Waals surface area contributed by atoms with Crippen molar-refractivity contribution in [2.45, 2.75) is 45.2 Å². The van der Waals surface area contributed by atoms with Gasteiger partial charge in [-0.2, -0.15) is 0 Å². The van der Waals surface area contributed by atoms with Crippen LogP contribution in [-0.2, 0) is 0 Å². The predicted molar refractivity (Wildman–Crippen MR) is 74.9 cm³/mol. The van der Waals surface area contributed by atoms with Gasteiger partial charge in [0, 0.05) is 17.6 Å². The van der Waals surface area contributed by atoms with Crippen LogP contribution >= 0.6 is 0 Å². The van der Waals surface area contributed by atoms with Gasteiger partial charge in [0.25, 0.3) is 0 Å². The zero-order chi connectivity index (χ0) is 14.3. The van der Waals surface area contributed by atoms with Crippen molar-refractivity contribution in [1.29, 1.82) is 0 Å². The number of nitrogens with one attached hydrogen (secondary N) is 1. The third-order valence-corrected chi connectivity index (χ3v) is 2.92. The lowest BCUT2D eigenvalue weighted by Crippen LogP contribution is -2.49. The molecule has 0 amide bonds. The summed E-state index contributed by atoms with van der Waals surface area (Å²) < 4.78 is 18.4. The summed E-state index contributed by atoms with van der Waals surface area (Å²) in [7, 11) is 0. The van der Waals surface area contributed by atoms with E-state index in [4.69, 9.17) is 4.74 Å². The van der Waals surface area contributed by atoms with E-state index in [0.717, 1.165) is 12.8 Å². The molecule has 0 saturated heterocycles. The molecular weight excluding hydrogens is 245 g/mol. The number of benzene rings is 1. The van der Waals surface area contributed by atoms with Crippen molar-refractivity contribution in [2.75, 3.05) is 13.2 Å². The van der Waals surface area contributed by atoms with E-state index in [1.165, 1.54) is 12.1 Å². The van der Waals surface area contributed by atoms with Gasteiger partial charge in [-0.25, -0.2) is 4.39 Å². The Balaban J connectivity index is 2.33. The number of halogens is 1.